The van der Waals surface area contributed by atoms with Crippen molar-refractivity contribution in [1.82, 2.24) is 9.80 Å². The first-order valence-corrected chi connectivity index (χ1v) is 15.5. The highest BCUT2D eigenvalue weighted by Crippen LogP contribution is 2.23. The van der Waals surface area contributed by atoms with E-state index < -0.39 is 0 Å². The number of hydrogen-bond donors (Lipinski definition) is 0. The summed E-state index contributed by atoms with van der Waals surface area (Å²) in [6.45, 7) is 9.46. The second kappa shape index (κ2) is 23.1. The van der Waals surface area contributed by atoms with Crippen LogP contribution in [0, 0.1) is 0 Å². The molecule has 0 aliphatic carbocycles. The summed E-state index contributed by atoms with van der Waals surface area (Å²) in [5.41, 5.74) is 0. The van der Waals surface area contributed by atoms with Gasteiger partial charge in [-0.2, -0.15) is 0 Å². The molecule has 0 fully saturated rings. The molecule has 0 aromatic carbocycles. The number of hydrogen-bond acceptors (Lipinski definition) is 2. The Bertz CT molecular complexity index is 419. The van der Waals surface area contributed by atoms with Crippen LogP contribution >= 0.6 is 0 Å². The maximum absolute atomic E-state index is 2.67. The summed E-state index contributed by atoms with van der Waals surface area (Å²) < 4.78 is 0. The van der Waals surface area contributed by atoms with Crippen molar-refractivity contribution in [3.8, 4) is 0 Å². The zero-order valence-electron chi connectivity index (χ0n) is 23.3. The third-order valence-corrected chi connectivity index (χ3v) is 7.57. The molecule has 0 saturated heterocycles. The SMILES string of the molecule is CCCCCCCCCCCCN1C=CN(CCCCCCCCCCC)C1CCCCC. The summed E-state index contributed by atoms with van der Waals surface area (Å²) in [6.07, 6.45) is 38.0. The largest absolute Gasteiger partial charge is 0.356 e. The van der Waals surface area contributed by atoms with E-state index in [0.29, 0.717) is 6.17 Å². The molecule has 0 aromatic heterocycles. The van der Waals surface area contributed by atoms with Crippen LogP contribution in [0.15, 0.2) is 12.4 Å². The maximum Gasteiger partial charge on any atom is 0.101 e. The molecule has 0 radical (unpaired) electrons. The van der Waals surface area contributed by atoms with E-state index in [1.165, 1.54) is 161 Å². The molecule has 1 rings (SSSR count). The Kier molecular flexibility index (Phi) is 21.3. The van der Waals surface area contributed by atoms with Crippen LogP contribution in [0.1, 0.15) is 168 Å². The second-order valence-electron chi connectivity index (χ2n) is 10.8. The Hall–Kier alpha value is -0.660. The molecule has 1 aliphatic heterocycles. The Labute approximate surface area is 210 Å². The lowest BCUT2D eigenvalue weighted by molar-refractivity contribution is 0.135. The van der Waals surface area contributed by atoms with Gasteiger partial charge in [-0.05, 0) is 25.7 Å². The number of nitrogens with zero attached hydrogens (tertiary/aromatic N) is 2. The van der Waals surface area contributed by atoms with Crippen LogP contribution in [0.5, 0.6) is 0 Å². The summed E-state index contributed by atoms with van der Waals surface area (Å²) >= 11 is 0. The first kappa shape index (κ1) is 30.4. The summed E-state index contributed by atoms with van der Waals surface area (Å²) in [4.78, 5) is 5.35. The molecule has 2 heteroatoms. The van der Waals surface area contributed by atoms with Crippen molar-refractivity contribution in [3.63, 3.8) is 0 Å². The van der Waals surface area contributed by atoms with Crippen LogP contribution < -0.4 is 0 Å². The zero-order chi connectivity index (χ0) is 23.8. The van der Waals surface area contributed by atoms with Crippen molar-refractivity contribution < 1.29 is 0 Å². The molecule has 0 spiro atoms. The lowest BCUT2D eigenvalue weighted by Gasteiger charge is -2.33. The molecule has 0 N–H and O–H groups in total. The van der Waals surface area contributed by atoms with E-state index >= 15 is 0 Å². The van der Waals surface area contributed by atoms with Crippen molar-refractivity contribution in [1.29, 1.82) is 0 Å². The molecule has 0 amide bonds. The van der Waals surface area contributed by atoms with Gasteiger partial charge in [-0.15, -0.1) is 0 Å². The van der Waals surface area contributed by atoms with Crippen molar-refractivity contribution in [2.45, 2.75) is 175 Å². The smallest absolute Gasteiger partial charge is 0.101 e. The number of rotatable bonds is 25. The lowest BCUT2D eigenvalue weighted by atomic mass is 10.1. The van der Waals surface area contributed by atoms with Gasteiger partial charge in [-0.3, -0.25) is 0 Å². The molecule has 1 aliphatic rings. The van der Waals surface area contributed by atoms with Gasteiger partial charge >= 0.3 is 0 Å². The Morgan fingerprint density at radius 1 is 0.394 bits per heavy atom. The van der Waals surface area contributed by atoms with Crippen LogP contribution in [0.4, 0.5) is 0 Å². The van der Waals surface area contributed by atoms with E-state index in [1.807, 2.05) is 0 Å². The van der Waals surface area contributed by atoms with Crippen LogP contribution in [0.3, 0.4) is 0 Å². The molecule has 0 aromatic rings. The Morgan fingerprint density at radius 2 is 0.697 bits per heavy atom. The van der Waals surface area contributed by atoms with E-state index in [1.54, 1.807) is 0 Å². The van der Waals surface area contributed by atoms with E-state index in [-0.39, 0.29) is 0 Å². The highest BCUT2D eigenvalue weighted by molar-refractivity contribution is 4.96. The van der Waals surface area contributed by atoms with Crippen LogP contribution in [-0.4, -0.2) is 29.1 Å². The summed E-state index contributed by atoms with van der Waals surface area (Å²) in [5.74, 6) is 0. The molecular formula is C31H62N2. The standard InChI is InChI=1S/C31H62N2/c1-4-7-10-12-14-16-18-20-22-25-28-33-30-29-32(31(33)26-23-9-6-3)27-24-21-19-17-15-13-11-8-5-2/h29-31H,4-28H2,1-3H3. The monoisotopic (exact) mass is 462 g/mol. The molecule has 1 heterocycles. The van der Waals surface area contributed by atoms with Gasteiger partial charge in [0.25, 0.3) is 0 Å². The van der Waals surface area contributed by atoms with Gasteiger partial charge in [-0.1, -0.05) is 143 Å². The second-order valence-corrected chi connectivity index (χ2v) is 10.8. The first-order chi connectivity index (χ1) is 16.3. The highest BCUT2D eigenvalue weighted by Gasteiger charge is 2.24. The predicted molar refractivity (Wildman–Crippen MR) is 150 cm³/mol. The fourth-order valence-corrected chi connectivity index (χ4v) is 5.30. The normalized spacial score (nSPS) is 15.8. The summed E-state index contributed by atoms with van der Waals surface area (Å²) in [7, 11) is 0. The molecule has 2 nitrogen and oxygen atoms in total. The van der Waals surface area contributed by atoms with Crippen molar-refractivity contribution in [3.05, 3.63) is 12.4 Å². The first-order valence-electron chi connectivity index (χ1n) is 15.5. The Morgan fingerprint density at radius 3 is 1.06 bits per heavy atom. The molecular weight excluding hydrogens is 400 g/mol. The molecule has 0 bridgehead atoms. The third-order valence-electron chi connectivity index (χ3n) is 7.57. The maximum atomic E-state index is 2.67. The van der Waals surface area contributed by atoms with Crippen LogP contribution in [0.2, 0.25) is 0 Å². The van der Waals surface area contributed by atoms with Gasteiger partial charge in [0.05, 0.1) is 0 Å². The minimum atomic E-state index is 0.643. The van der Waals surface area contributed by atoms with Gasteiger partial charge in [0, 0.05) is 25.5 Å². The average Bonchev–Trinajstić information content (AvgIpc) is 3.21. The minimum Gasteiger partial charge on any atom is -0.356 e. The number of unbranched alkanes of at least 4 members (excludes halogenated alkanes) is 19. The van der Waals surface area contributed by atoms with Gasteiger partial charge < -0.3 is 9.80 Å². The molecule has 33 heavy (non-hydrogen) atoms. The minimum absolute atomic E-state index is 0.643. The fraction of sp³-hybridized carbons (Fsp3) is 0.935. The fourth-order valence-electron chi connectivity index (χ4n) is 5.30. The summed E-state index contributed by atoms with van der Waals surface area (Å²) in [5, 5.41) is 0. The van der Waals surface area contributed by atoms with E-state index in [0.717, 1.165) is 0 Å². The van der Waals surface area contributed by atoms with Crippen molar-refractivity contribution in [2.24, 2.45) is 0 Å². The highest BCUT2D eigenvalue weighted by atomic mass is 15.4. The molecule has 1 unspecified atom stereocenters. The van der Waals surface area contributed by atoms with Crippen LogP contribution in [0.25, 0.3) is 0 Å². The van der Waals surface area contributed by atoms with Gasteiger partial charge in [-0.25, -0.2) is 0 Å². The topological polar surface area (TPSA) is 6.48 Å². The quantitative estimate of drug-likeness (QED) is 0.124. The Balaban J connectivity index is 2.15. The van der Waals surface area contributed by atoms with Crippen molar-refractivity contribution >= 4 is 0 Å². The molecule has 1 atom stereocenters. The average molecular weight is 463 g/mol. The summed E-state index contributed by atoms with van der Waals surface area (Å²) in [6, 6.07) is 0. The molecule has 0 saturated carbocycles. The van der Waals surface area contributed by atoms with Crippen molar-refractivity contribution in [2.75, 3.05) is 13.1 Å². The predicted octanol–water partition coefficient (Wildman–Crippen LogP) is 10.4. The van der Waals surface area contributed by atoms with E-state index in [9.17, 15) is 0 Å². The van der Waals surface area contributed by atoms with E-state index in [2.05, 4.69) is 43.0 Å². The van der Waals surface area contributed by atoms with Gasteiger partial charge in [0.15, 0.2) is 0 Å². The lowest BCUT2D eigenvalue weighted by Crippen LogP contribution is -2.39. The molecule has 196 valence electrons. The third kappa shape index (κ3) is 16.6. The van der Waals surface area contributed by atoms with Gasteiger partial charge in [0.1, 0.15) is 6.17 Å². The van der Waals surface area contributed by atoms with E-state index in [4.69, 9.17) is 0 Å². The van der Waals surface area contributed by atoms with Crippen LogP contribution in [-0.2, 0) is 0 Å². The van der Waals surface area contributed by atoms with Gasteiger partial charge in [0.2, 0.25) is 0 Å². The zero-order valence-corrected chi connectivity index (χ0v) is 23.3.